The van der Waals surface area contributed by atoms with E-state index in [2.05, 4.69) is 30.8 Å². The number of H-pyrrole nitrogens is 1. The van der Waals surface area contributed by atoms with E-state index in [4.69, 9.17) is 4.74 Å². The van der Waals surface area contributed by atoms with E-state index in [1.807, 2.05) is 26.1 Å². The Balaban J connectivity index is 1.39. The van der Waals surface area contributed by atoms with Gasteiger partial charge in [-0.25, -0.2) is 9.50 Å². The summed E-state index contributed by atoms with van der Waals surface area (Å²) in [5.41, 5.74) is 2.47. The van der Waals surface area contributed by atoms with Crippen molar-refractivity contribution >= 4 is 34.0 Å². The van der Waals surface area contributed by atoms with Gasteiger partial charge in [-0.05, 0) is 38.0 Å². The molecule has 1 fully saturated rings. The molecule has 1 amide bonds. The molecule has 12 nitrogen and oxygen atoms in total. The molecule has 0 radical (unpaired) electrons. The number of fused-ring (bicyclic) bond motifs is 3. The Kier molecular flexibility index (Phi) is 5.11. The minimum absolute atomic E-state index is 0.0107. The lowest BCUT2D eigenvalue weighted by molar-refractivity contribution is 0.00718. The smallest absolute Gasteiger partial charge is 0.280 e. The Bertz CT molecular complexity index is 1650. The normalized spacial score (nSPS) is 17.4. The quantitative estimate of drug-likeness (QED) is 0.333. The van der Waals surface area contributed by atoms with Crippen molar-refractivity contribution in [1.82, 2.24) is 39.2 Å². The number of anilines is 2. The van der Waals surface area contributed by atoms with Gasteiger partial charge in [-0.2, -0.15) is 5.10 Å². The van der Waals surface area contributed by atoms with Crippen molar-refractivity contribution in [1.29, 1.82) is 0 Å². The van der Waals surface area contributed by atoms with E-state index in [-0.39, 0.29) is 23.6 Å². The van der Waals surface area contributed by atoms with Crippen LogP contribution < -0.4 is 16.2 Å². The Morgan fingerprint density at radius 2 is 2.11 bits per heavy atom. The summed E-state index contributed by atoms with van der Waals surface area (Å²) in [5, 5.41) is 16.0. The van der Waals surface area contributed by atoms with E-state index >= 15 is 0 Å². The third-order valence-corrected chi connectivity index (χ3v) is 6.77. The summed E-state index contributed by atoms with van der Waals surface area (Å²) >= 11 is 0. The van der Waals surface area contributed by atoms with E-state index in [0.717, 1.165) is 23.9 Å². The van der Waals surface area contributed by atoms with E-state index in [1.54, 1.807) is 36.3 Å². The second-order valence-corrected chi connectivity index (χ2v) is 8.91. The van der Waals surface area contributed by atoms with Crippen LogP contribution in [0.4, 0.5) is 11.5 Å². The van der Waals surface area contributed by atoms with Gasteiger partial charge >= 0.3 is 0 Å². The summed E-state index contributed by atoms with van der Waals surface area (Å²) in [7, 11) is 3.47. The largest absolute Gasteiger partial charge is 0.379 e. The summed E-state index contributed by atoms with van der Waals surface area (Å²) in [6.45, 7) is 1.92. The topological polar surface area (TPSA) is 136 Å². The Morgan fingerprint density at radius 1 is 1.25 bits per heavy atom. The number of carbonyl (C=O) groups is 1. The molecule has 1 aliphatic carbocycles. The molecule has 6 rings (SSSR count). The fraction of sp³-hybridized carbons (Fsp3) is 0.292. The van der Waals surface area contributed by atoms with Gasteiger partial charge in [0.05, 0.1) is 23.9 Å². The number of aryl methyl sites for hydroxylation is 2. The van der Waals surface area contributed by atoms with Gasteiger partial charge in [-0.15, -0.1) is 5.10 Å². The standard InChI is InChI=1S/C24H25N9O3/c1-13-11-19(29-31(13)2)32-10-4-5-16(24(32)35)27-21-14-8-9-25-20(14)22-26-12-17(33(22)30-21)23(34)28-15-6-7-18(15)36-3/h4-5,8-12,15,18,25H,6-7H2,1-3H3,(H,27,30)(H,28,34)/t15-,18+/m1/s1. The predicted molar refractivity (Wildman–Crippen MR) is 133 cm³/mol. The van der Waals surface area contributed by atoms with Crippen molar-refractivity contribution in [2.45, 2.75) is 31.9 Å². The van der Waals surface area contributed by atoms with Gasteiger partial charge in [0, 0.05) is 43.7 Å². The summed E-state index contributed by atoms with van der Waals surface area (Å²) in [4.78, 5) is 34.0. The molecule has 5 heterocycles. The molecule has 0 spiro atoms. The van der Waals surface area contributed by atoms with Gasteiger partial charge < -0.3 is 20.4 Å². The SMILES string of the molecule is CO[C@H]1CC[C@H]1NC(=O)c1cnc2c3[nH]ccc3c(Nc3cccn(-c4cc(C)n(C)n4)c3=O)nn12. The molecule has 0 aromatic carbocycles. The van der Waals surface area contributed by atoms with Crippen molar-refractivity contribution in [2.75, 3.05) is 12.4 Å². The highest BCUT2D eigenvalue weighted by Gasteiger charge is 2.33. The molecule has 0 unspecified atom stereocenters. The first-order valence-corrected chi connectivity index (χ1v) is 11.6. The van der Waals surface area contributed by atoms with Crippen molar-refractivity contribution in [3.05, 3.63) is 64.6 Å². The number of methoxy groups -OCH3 is 1. The average Bonchev–Trinajstić information content (AvgIpc) is 3.57. The molecule has 1 aliphatic rings. The van der Waals surface area contributed by atoms with Crippen LogP contribution in [0.2, 0.25) is 0 Å². The van der Waals surface area contributed by atoms with Gasteiger partial charge in [0.25, 0.3) is 11.5 Å². The van der Waals surface area contributed by atoms with E-state index in [1.165, 1.54) is 15.3 Å². The number of ether oxygens (including phenoxy) is 1. The van der Waals surface area contributed by atoms with Crippen LogP contribution in [0.1, 0.15) is 29.0 Å². The van der Waals surface area contributed by atoms with Crippen LogP contribution in [0.25, 0.3) is 22.4 Å². The average molecular weight is 488 g/mol. The Labute approximate surface area is 204 Å². The lowest BCUT2D eigenvalue weighted by atomic mass is 9.89. The maximum absolute atomic E-state index is 13.3. The number of imidazole rings is 1. The number of amides is 1. The highest BCUT2D eigenvalue weighted by molar-refractivity contribution is 6.01. The van der Waals surface area contributed by atoms with E-state index in [0.29, 0.717) is 34.2 Å². The van der Waals surface area contributed by atoms with Crippen LogP contribution >= 0.6 is 0 Å². The summed E-state index contributed by atoms with van der Waals surface area (Å²) in [5.74, 6) is 0.653. The van der Waals surface area contributed by atoms with Gasteiger partial charge in [-0.1, -0.05) is 0 Å². The number of hydrogen-bond donors (Lipinski definition) is 3. The van der Waals surface area contributed by atoms with Crippen LogP contribution in [0.15, 0.2) is 47.7 Å². The lowest BCUT2D eigenvalue weighted by Gasteiger charge is -2.35. The van der Waals surface area contributed by atoms with Crippen molar-refractivity contribution in [3.8, 4) is 5.82 Å². The van der Waals surface area contributed by atoms with Gasteiger partial charge in [0.15, 0.2) is 23.0 Å². The minimum atomic E-state index is -0.286. The maximum atomic E-state index is 13.3. The van der Waals surface area contributed by atoms with E-state index in [9.17, 15) is 9.59 Å². The molecule has 184 valence electrons. The van der Waals surface area contributed by atoms with Gasteiger partial charge in [-0.3, -0.25) is 18.8 Å². The zero-order chi connectivity index (χ0) is 25.0. The fourth-order valence-electron chi connectivity index (χ4n) is 4.49. The van der Waals surface area contributed by atoms with Crippen molar-refractivity contribution in [3.63, 3.8) is 0 Å². The molecule has 3 N–H and O–H groups in total. The zero-order valence-corrected chi connectivity index (χ0v) is 20.0. The first-order chi connectivity index (χ1) is 17.4. The fourth-order valence-corrected chi connectivity index (χ4v) is 4.49. The van der Waals surface area contributed by atoms with Gasteiger partial charge in [0.1, 0.15) is 5.69 Å². The predicted octanol–water partition coefficient (Wildman–Crippen LogP) is 2.05. The van der Waals surface area contributed by atoms with Crippen LogP contribution in [-0.2, 0) is 11.8 Å². The highest BCUT2D eigenvalue weighted by atomic mass is 16.5. The molecule has 12 heteroatoms. The number of hydrogen-bond acceptors (Lipinski definition) is 7. The number of pyridine rings is 1. The lowest BCUT2D eigenvalue weighted by Crippen LogP contribution is -2.51. The Morgan fingerprint density at radius 3 is 2.83 bits per heavy atom. The second-order valence-electron chi connectivity index (χ2n) is 8.91. The third-order valence-electron chi connectivity index (χ3n) is 6.77. The van der Waals surface area contributed by atoms with Crippen LogP contribution in [0, 0.1) is 6.92 Å². The number of aromatic nitrogens is 7. The molecule has 0 aliphatic heterocycles. The number of nitrogens with zero attached hydrogens (tertiary/aromatic N) is 6. The number of aromatic amines is 1. The molecule has 0 saturated heterocycles. The number of nitrogens with one attached hydrogen (secondary N) is 3. The van der Waals surface area contributed by atoms with E-state index < -0.39 is 0 Å². The summed E-state index contributed by atoms with van der Waals surface area (Å²) in [6.07, 6.45) is 6.72. The van der Waals surface area contributed by atoms with Crippen molar-refractivity contribution in [2.24, 2.45) is 7.05 Å². The van der Waals surface area contributed by atoms with Crippen molar-refractivity contribution < 1.29 is 9.53 Å². The molecule has 1 saturated carbocycles. The summed E-state index contributed by atoms with van der Waals surface area (Å²) in [6, 6.07) is 7.09. The molecule has 5 aromatic heterocycles. The monoisotopic (exact) mass is 487 g/mol. The molecular formula is C24H25N9O3. The first-order valence-electron chi connectivity index (χ1n) is 11.6. The first kappa shape index (κ1) is 22.0. The van der Waals surface area contributed by atoms with Crippen LogP contribution in [0.5, 0.6) is 0 Å². The number of rotatable bonds is 6. The second kappa shape index (κ2) is 8.34. The summed E-state index contributed by atoms with van der Waals surface area (Å²) < 4.78 is 10.1. The zero-order valence-electron chi connectivity index (χ0n) is 20.0. The third kappa shape index (κ3) is 3.45. The minimum Gasteiger partial charge on any atom is -0.379 e. The highest BCUT2D eigenvalue weighted by Crippen LogP contribution is 2.27. The van der Waals surface area contributed by atoms with Gasteiger partial charge in [0.2, 0.25) is 0 Å². The molecular weight excluding hydrogens is 462 g/mol. The van der Waals surface area contributed by atoms with Crippen LogP contribution in [-0.4, -0.2) is 59.1 Å². The molecule has 0 bridgehead atoms. The molecule has 5 aromatic rings. The Hall–Kier alpha value is -4.45. The number of carbonyl (C=O) groups excluding carboxylic acids is 1. The van der Waals surface area contributed by atoms with Crippen LogP contribution in [0.3, 0.4) is 0 Å². The molecule has 36 heavy (non-hydrogen) atoms. The molecule has 2 atom stereocenters. The maximum Gasteiger partial charge on any atom is 0.280 e.